The maximum Gasteiger partial charge on any atom is 0.138 e. The first-order valence-electron chi connectivity index (χ1n) is 7.74. The van der Waals surface area contributed by atoms with Crippen LogP contribution < -0.4 is 5.32 Å². The molecule has 1 rings (SSSR count). The molecule has 1 heterocycles. The predicted molar refractivity (Wildman–Crippen MR) is 81.8 cm³/mol. The van der Waals surface area contributed by atoms with Gasteiger partial charge in [0.15, 0.2) is 0 Å². The van der Waals surface area contributed by atoms with Crippen LogP contribution in [0, 0.1) is 5.92 Å². The minimum atomic E-state index is 0.192. The summed E-state index contributed by atoms with van der Waals surface area (Å²) in [5.41, 5.74) is 0. The minimum Gasteiger partial charge on any atom is -0.377 e. The highest BCUT2D eigenvalue weighted by Crippen LogP contribution is 2.16. The molecule has 1 aromatic heterocycles. The van der Waals surface area contributed by atoms with Crippen molar-refractivity contribution in [2.45, 2.75) is 66.2 Å². The Morgan fingerprint density at radius 1 is 1.25 bits per heavy atom. The summed E-state index contributed by atoms with van der Waals surface area (Å²) in [4.78, 5) is 4.42. The van der Waals surface area contributed by atoms with Crippen molar-refractivity contribution in [3.8, 4) is 0 Å². The van der Waals surface area contributed by atoms with Gasteiger partial charge in [0.2, 0.25) is 0 Å². The van der Waals surface area contributed by atoms with Gasteiger partial charge in [0, 0.05) is 25.1 Å². The molecule has 0 aromatic carbocycles. The molecule has 0 amide bonds. The predicted octanol–water partition coefficient (Wildman–Crippen LogP) is 2.44. The Bertz CT molecular complexity index is 376. The largest absolute Gasteiger partial charge is 0.377 e. The van der Waals surface area contributed by atoms with E-state index in [0.29, 0.717) is 12.0 Å². The molecule has 5 nitrogen and oxygen atoms in total. The summed E-state index contributed by atoms with van der Waals surface area (Å²) < 4.78 is 7.94. The molecule has 0 bridgehead atoms. The second kappa shape index (κ2) is 8.37. The van der Waals surface area contributed by atoms with E-state index in [4.69, 9.17) is 4.74 Å². The van der Waals surface area contributed by atoms with Crippen molar-refractivity contribution in [1.82, 2.24) is 20.1 Å². The number of rotatable bonds is 9. The average molecular weight is 282 g/mol. The topological polar surface area (TPSA) is 52.0 Å². The molecular formula is C15H30N4O. The molecule has 0 radical (unpaired) electrons. The Labute approximate surface area is 123 Å². The Morgan fingerprint density at radius 3 is 2.45 bits per heavy atom. The van der Waals surface area contributed by atoms with E-state index in [2.05, 4.69) is 56.9 Å². The number of likely N-dealkylation sites (N-methyl/N-ethyl adjacent to an activating group) is 1. The van der Waals surface area contributed by atoms with Crippen molar-refractivity contribution < 1.29 is 4.74 Å². The third kappa shape index (κ3) is 4.56. The van der Waals surface area contributed by atoms with Crippen LogP contribution in [-0.4, -0.2) is 40.1 Å². The van der Waals surface area contributed by atoms with Crippen molar-refractivity contribution in [3.63, 3.8) is 0 Å². The van der Waals surface area contributed by atoms with Crippen LogP contribution in [0.1, 0.15) is 53.4 Å². The SMILES string of the molecule is CCNC(Cc1ncnn1C(C)C)C(OCC)C(C)C. The lowest BCUT2D eigenvalue weighted by atomic mass is 9.96. The quantitative estimate of drug-likeness (QED) is 0.756. The summed E-state index contributed by atoms with van der Waals surface area (Å²) in [6.07, 6.45) is 2.68. The summed E-state index contributed by atoms with van der Waals surface area (Å²) in [6.45, 7) is 14.5. The van der Waals surface area contributed by atoms with Gasteiger partial charge in [-0.05, 0) is 33.2 Å². The van der Waals surface area contributed by atoms with Gasteiger partial charge in [-0.2, -0.15) is 5.10 Å². The van der Waals surface area contributed by atoms with E-state index in [1.165, 1.54) is 0 Å². The molecule has 116 valence electrons. The van der Waals surface area contributed by atoms with Gasteiger partial charge >= 0.3 is 0 Å². The van der Waals surface area contributed by atoms with Crippen molar-refractivity contribution in [2.75, 3.05) is 13.2 Å². The molecular weight excluding hydrogens is 252 g/mol. The van der Waals surface area contributed by atoms with E-state index in [-0.39, 0.29) is 12.1 Å². The Hall–Kier alpha value is -0.940. The highest BCUT2D eigenvalue weighted by Gasteiger charge is 2.26. The highest BCUT2D eigenvalue weighted by atomic mass is 16.5. The third-order valence-electron chi connectivity index (χ3n) is 3.42. The van der Waals surface area contributed by atoms with Crippen LogP contribution >= 0.6 is 0 Å². The standard InChI is InChI=1S/C15H30N4O/c1-7-16-13(15(11(3)4)20-8-2)9-14-17-10-18-19(14)12(5)6/h10-13,15-16H,7-9H2,1-6H3. The second-order valence-electron chi connectivity index (χ2n) is 5.75. The summed E-state index contributed by atoms with van der Waals surface area (Å²) in [5.74, 6) is 1.49. The number of nitrogens with zero attached hydrogens (tertiary/aromatic N) is 3. The Balaban J connectivity index is 2.87. The molecule has 0 saturated carbocycles. The van der Waals surface area contributed by atoms with Crippen LogP contribution in [0.4, 0.5) is 0 Å². The monoisotopic (exact) mass is 282 g/mol. The molecule has 0 aliphatic heterocycles. The lowest BCUT2D eigenvalue weighted by Crippen LogP contribution is -2.46. The van der Waals surface area contributed by atoms with E-state index >= 15 is 0 Å². The fourth-order valence-electron chi connectivity index (χ4n) is 2.58. The van der Waals surface area contributed by atoms with E-state index in [9.17, 15) is 0 Å². The third-order valence-corrected chi connectivity index (χ3v) is 3.42. The maximum absolute atomic E-state index is 5.95. The lowest BCUT2D eigenvalue weighted by Gasteiger charge is -2.30. The van der Waals surface area contributed by atoms with Gasteiger partial charge in [-0.15, -0.1) is 0 Å². The smallest absolute Gasteiger partial charge is 0.138 e. The van der Waals surface area contributed by atoms with Gasteiger partial charge in [-0.3, -0.25) is 0 Å². The normalized spacial score (nSPS) is 15.0. The number of hydrogen-bond acceptors (Lipinski definition) is 4. The van der Waals surface area contributed by atoms with E-state index < -0.39 is 0 Å². The number of nitrogens with one attached hydrogen (secondary N) is 1. The summed E-state index contributed by atoms with van der Waals surface area (Å²) in [7, 11) is 0. The first-order chi connectivity index (χ1) is 9.51. The molecule has 5 heteroatoms. The molecule has 0 saturated heterocycles. The van der Waals surface area contributed by atoms with Crippen LogP contribution in [0.2, 0.25) is 0 Å². The molecule has 2 unspecified atom stereocenters. The number of ether oxygens (including phenoxy) is 1. The molecule has 1 aromatic rings. The van der Waals surface area contributed by atoms with Crippen LogP contribution in [0.15, 0.2) is 6.33 Å². The lowest BCUT2D eigenvalue weighted by molar-refractivity contribution is 0.00323. The zero-order chi connectivity index (χ0) is 15.1. The highest BCUT2D eigenvalue weighted by molar-refractivity contribution is 4.94. The van der Waals surface area contributed by atoms with Gasteiger partial charge in [0.25, 0.3) is 0 Å². The number of hydrogen-bond donors (Lipinski definition) is 1. The molecule has 0 aliphatic carbocycles. The molecule has 1 N–H and O–H groups in total. The zero-order valence-electron chi connectivity index (χ0n) is 13.8. The number of aromatic nitrogens is 3. The van der Waals surface area contributed by atoms with E-state index in [1.54, 1.807) is 6.33 Å². The first-order valence-corrected chi connectivity index (χ1v) is 7.74. The average Bonchev–Trinajstić information content (AvgIpc) is 2.83. The van der Waals surface area contributed by atoms with Gasteiger partial charge in [-0.25, -0.2) is 9.67 Å². The van der Waals surface area contributed by atoms with Gasteiger partial charge in [-0.1, -0.05) is 20.8 Å². The molecule has 0 spiro atoms. The fourth-order valence-corrected chi connectivity index (χ4v) is 2.58. The fraction of sp³-hybridized carbons (Fsp3) is 0.867. The van der Waals surface area contributed by atoms with Crippen molar-refractivity contribution in [1.29, 1.82) is 0 Å². The van der Waals surface area contributed by atoms with Crippen LogP contribution in [-0.2, 0) is 11.2 Å². The first kappa shape index (κ1) is 17.1. The zero-order valence-corrected chi connectivity index (χ0v) is 13.8. The van der Waals surface area contributed by atoms with Crippen molar-refractivity contribution in [3.05, 3.63) is 12.2 Å². The molecule has 2 atom stereocenters. The van der Waals surface area contributed by atoms with Crippen LogP contribution in [0.3, 0.4) is 0 Å². The Morgan fingerprint density at radius 2 is 1.95 bits per heavy atom. The minimum absolute atomic E-state index is 0.192. The molecule has 0 fully saturated rings. The van der Waals surface area contributed by atoms with Crippen LogP contribution in [0.25, 0.3) is 0 Å². The van der Waals surface area contributed by atoms with E-state index in [1.807, 2.05) is 4.68 Å². The van der Waals surface area contributed by atoms with Gasteiger partial charge < -0.3 is 10.1 Å². The van der Waals surface area contributed by atoms with Gasteiger partial charge in [0.05, 0.1) is 6.10 Å². The van der Waals surface area contributed by atoms with Crippen LogP contribution in [0.5, 0.6) is 0 Å². The summed E-state index contributed by atoms with van der Waals surface area (Å²) in [5, 5.41) is 7.86. The van der Waals surface area contributed by atoms with Crippen molar-refractivity contribution >= 4 is 0 Å². The maximum atomic E-state index is 5.95. The molecule has 20 heavy (non-hydrogen) atoms. The van der Waals surface area contributed by atoms with Crippen molar-refractivity contribution in [2.24, 2.45) is 5.92 Å². The summed E-state index contributed by atoms with van der Waals surface area (Å²) >= 11 is 0. The van der Waals surface area contributed by atoms with Gasteiger partial charge in [0.1, 0.15) is 12.2 Å². The molecule has 0 aliphatic rings. The second-order valence-corrected chi connectivity index (χ2v) is 5.75. The Kier molecular flexibility index (Phi) is 7.16. The summed E-state index contributed by atoms with van der Waals surface area (Å²) in [6, 6.07) is 0.598. The van der Waals surface area contributed by atoms with E-state index in [0.717, 1.165) is 25.4 Å².